The first kappa shape index (κ1) is 21.8. The van der Waals surface area contributed by atoms with E-state index in [1.165, 1.54) is 18.2 Å². The van der Waals surface area contributed by atoms with Crippen molar-refractivity contribution in [2.45, 2.75) is 38.0 Å². The van der Waals surface area contributed by atoms with Gasteiger partial charge in [-0.1, -0.05) is 55.8 Å². The number of nitro benzene ring substituents is 1. The van der Waals surface area contributed by atoms with E-state index in [-0.39, 0.29) is 33.9 Å². The molecule has 3 aromatic carbocycles. The molecule has 3 aromatic rings. The number of Topliss-reactive ketones (excluding diaryl/α,β-unsaturated/α-hetero) is 1. The predicted octanol–water partition coefficient (Wildman–Crippen LogP) is 4.09. The predicted molar refractivity (Wildman–Crippen MR) is 123 cm³/mol. The minimum absolute atomic E-state index is 0.0569. The van der Waals surface area contributed by atoms with E-state index in [1.807, 2.05) is 26.8 Å². The summed E-state index contributed by atoms with van der Waals surface area (Å²) in [4.78, 5) is 38.4. The van der Waals surface area contributed by atoms with Gasteiger partial charge >= 0.3 is 0 Å². The van der Waals surface area contributed by atoms with Crippen LogP contribution in [0.25, 0.3) is 0 Å². The summed E-state index contributed by atoms with van der Waals surface area (Å²) in [5, 5.41) is 26.4. The number of nitro groups is 1. The van der Waals surface area contributed by atoms with Crippen LogP contribution in [-0.2, 0) is 11.3 Å². The van der Waals surface area contributed by atoms with Crippen molar-refractivity contribution in [1.82, 2.24) is 5.32 Å². The van der Waals surface area contributed by atoms with Crippen LogP contribution in [0.2, 0.25) is 0 Å². The lowest BCUT2D eigenvalue weighted by atomic mass is 9.82. The summed E-state index contributed by atoms with van der Waals surface area (Å²) in [5.41, 5.74) is -0.614. The van der Waals surface area contributed by atoms with E-state index in [0.717, 1.165) is 11.1 Å². The second kappa shape index (κ2) is 7.23. The molecule has 5 rings (SSSR count). The largest absolute Gasteiger partial charge is 0.454 e. The minimum Gasteiger partial charge on any atom is -0.454 e. The first-order valence-electron chi connectivity index (χ1n) is 10.9. The van der Waals surface area contributed by atoms with Gasteiger partial charge in [0.05, 0.1) is 4.92 Å². The Morgan fingerprint density at radius 1 is 1.09 bits per heavy atom. The first-order valence-corrected chi connectivity index (χ1v) is 10.9. The molecule has 1 aliphatic carbocycles. The van der Waals surface area contributed by atoms with Crippen molar-refractivity contribution in [2.75, 3.05) is 0 Å². The van der Waals surface area contributed by atoms with Crippen molar-refractivity contribution >= 4 is 17.4 Å². The minimum atomic E-state index is -2.36. The Morgan fingerprint density at radius 3 is 2.50 bits per heavy atom. The second-order valence-electron chi connectivity index (χ2n) is 9.02. The van der Waals surface area contributed by atoms with E-state index in [2.05, 4.69) is 5.32 Å². The molecular weight excluding hydrogens is 436 g/mol. The Kier molecular flexibility index (Phi) is 4.63. The van der Waals surface area contributed by atoms with Crippen molar-refractivity contribution in [3.8, 4) is 5.75 Å². The number of aliphatic hydroxyl groups is 1. The Balaban J connectivity index is 1.76. The standard InChI is InChI=1S/C26H22N2O6/c1-14(2)16-10-11-18-21(13-16)34-26(31)19-8-5-9-20(28(32)33)22(19)23(29)25(18,26)27-24(30)17-7-4-6-15(3)12-17/h4-14,31H,1-3H3,(H,27,30). The zero-order chi connectivity index (χ0) is 24.4. The molecule has 2 N–H and O–H groups in total. The monoisotopic (exact) mass is 458 g/mol. The molecule has 34 heavy (non-hydrogen) atoms. The molecule has 0 fully saturated rings. The van der Waals surface area contributed by atoms with Gasteiger partial charge in [0.2, 0.25) is 11.3 Å². The van der Waals surface area contributed by atoms with E-state index >= 15 is 0 Å². The van der Waals surface area contributed by atoms with E-state index in [9.17, 15) is 24.8 Å². The van der Waals surface area contributed by atoms with Crippen LogP contribution in [0.3, 0.4) is 0 Å². The summed E-state index contributed by atoms with van der Waals surface area (Å²) < 4.78 is 6.00. The van der Waals surface area contributed by atoms with Crippen LogP contribution >= 0.6 is 0 Å². The smallest absolute Gasteiger partial charge is 0.280 e. The van der Waals surface area contributed by atoms with Gasteiger partial charge in [-0.25, -0.2) is 0 Å². The number of ketones is 1. The van der Waals surface area contributed by atoms with E-state index < -0.39 is 33.6 Å². The third-order valence-electron chi connectivity index (χ3n) is 6.60. The Labute approximate surface area is 195 Å². The maximum atomic E-state index is 14.0. The van der Waals surface area contributed by atoms with Crippen molar-refractivity contribution in [1.29, 1.82) is 0 Å². The SMILES string of the molecule is Cc1cccc(C(=O)NC23C(=O)c4c([N+](=O)[O-])cccc4C2(O)Oc2cc(C(C)C)ccc23)c1. The number of nitrogens with one attached hydrogen (secondary N) is 1. The van der Waals surface area contributed by atoms with Crippen LogP contribution in [0.4, 0.5) is 5.69 Å². The molecule has 0 saturated carbocycles. The molecule has 1 amide bonds. The zero-order valence-electron chi connectivity index (χ0n) is 18.8. The molecule has 2 atom stereocenters. The van der Waals surface area contributed by atoms with Gasteiger partial charge in [-0.15, -0.1) is 0 Å². The van der Waals surface area contributed by atoms with Gasteiger partial charge in [0.15, 0.2) is 0 Å². The van der Waals surface area contributed by atoms with Crippen molar-refractivity contribution in [2.24, 2.45) is 0 Å². The lowest BCUT2D eigenvalue weighted by Gasteiger charge is -2.34. The number of nitrogens with zero attached hydrogens (tertiary/aromatic N) is 1. The van der Waals surface area contributed by atoms with Gasteiger partial charge in [-0.05, 0) is 36.6 Å². The van der Waals surface area contributed by atoms with Gasteiger partial charge in [-0.2, -0.15) is 0 Å². The van der Waals surface area contributed by atoms with Crippen molar-refractivity contribution < 1.29 is 24.4 Å². The highest BCUT2D eigenvalue weighted by Crippen LogP contribution is 2.59. The molecule has 1 aliphatic heterocycles. The fourth-order valence-corrected chi connectivity index (χ4v) is 4.88. The summed E-state index contributed by atoms with van der Waals surface area (Å²) in [5.74, 6) is -3.39. The summed E-state index contributed by atoms with van der Waals surface area (Å²) in [6.45, 7) is 5.81. The van der Waals surface area contributed by atoms with Gasteiger partial charge in [0.25, 0.3) is 17.4 Å². The zero-order valence-corrected chi connectivity index (χ0v) is 18.8. The number of amides is 1. The van der Waals surface area contributed by atoms with E-state index in [0.29, 0.717) is 0 Å². The van der Waals surface area contributed by atoms with E-state index in [1.54, 1.807) is 36.4 Å². The van der Waals surface area contributed by atoms with Gasteiger partial charge in [0.1, 0.15) is 11.3 Å². The van der Waals surface area contributed by atoms with Crippen LogP contribution in [0.1, 0.15) is 62.7 Å². The molecule has 2 aliphatic rings. The molecule has 8 heteroatoms. The maximum Gasteiger partial charge on any atom is 0.280 e. The normalized spacial score (nSPS) is 22.1. The summed E-state index contributed by atoms with van der Waals surface area (Å²) in [7, 11) is 0. The number of aryl methyl sites for hydroxylation is 1. The Hall–Kier alpha value is -4.04. The number of fused-ring (bicyclic) bond motifs is 5. The summed E-state index contributed by atoms with van der Waals surface area (Å²) >= 11 is 0. The quantitative estimate of drug-likeness (QED) is 0.449. The fourth-order valence-electron chi connectivity index (χ4n) is 4.88. The molecule has 172 valence electrons. The number of hydrogen-bond acceptors (Lipinski definition) is 6. The number of rotatable bonds is 4. The molecular formula is C26H22N2O6. The van der Waals surface area contributed by atoms with Crippen LogP contribution in [-0.4, -0.2) is 21.7 Å². The van der Waals surface area contributed by atoms with Gasteiger partial charge in [0, 0.05) is 22.8 Å². The van der Waals surface area contributed by atoms with Crippen molar-refractivity contribution in [3.05, 3.63) is 104 Å². The average Bonchev–Trinajstić information content (AvgIpc) is 3.15. The lowest BCUT2D eigenvalue weighted by molar-refractivity contribution is -0.385. The highest BCUT2D eigenvalue weighted by Gasteiger charge is 2.73. The summed E-state index contributed by atoms with van der Waals surface area (Å²) in [6, 6.07) is 15.9. The average molecular weight is 458 g/mol. The first-order chi connectivity index (χ1) is 16.1. The molecule has 1 heterocycles. The third kappa shape index (κ3) is 2.75. The molecule has 8 nitrogen and oxygen atoms in total. The van der Waals surface area contributed by atoms with Crippen molar-refractivity contribution in [3.63, 3.8) is 0 Å². The fraction of sp³-hybridized carbons (Fsp3) is 0.231. The number of ether oxygens (including phenoxy) is 1. The highest BCUT2D eigenvalue weighted by molar-refractivity contribution is 6.15. The second-order valence-corrected chi connectivity index (χ2v) is 9.02. The number of carbonyl (C=O) groups is 2. The molecule has 0 saturated heterocycles. The van der Waals surface area contributed by atoms with Crippen LogP contribution in [0.5, 0.6) is 5.75 Å². The summed E-state index contributed by atoms with van der Waals surface area (Å²) in [6.07, 6.45) is 0. The Morgan fingerprint density at radius 2 is 1.82 bits per heavy atom. The number of hydrogen-bond donors (Lipinski definition) is 2. The third-order valence-corrected chi connectivity index (χ3v) is 6.60. The van der Waals surface area contributed by atoms with Crippen LogP contribution in [0.15, 0.2) is 60.7 Å². The van der Waals surface area contributed by atoms with E-state index in [4.69, 9.17) is 4.74 Å². The highest BCUT2D eigenvalue weighted by atomic mass is 16.6. The van der Waals surface area contributed by atoms with Gasteiger partial charge in [-0.3, -0.25) is 19.7 Å². The molecule has 2 unspecified atom stereocenters. The van der Waals surface area contributed by atoms with Crippen LogP contribution < -0.4 is 10.1 Å². The Bertz CT molecular complexity index is 1400. The molecule has 0 radical (unpaired) electrons. The molecule has 0 spiro atoms. The molecule has 0 bridgehead atoms. The molecule has 0 aromatic heterocycles. The topological polar surface area (TPSA) is 119 Å². The van der Waals surface area contributed by atoms with Crippen LogP contribution in [0, 0.1) is 17.0 Å². The number of carbonyl (C=O) groups excluding carboxylic acids is 2. The lowest BCUT2D eigenvalue weighted by Crippen LogP contribution is -2.60. The number of benzene rings is 3. The van der Waals surface area contributed by atoms with Gasteiger partial charge < -0.3 is 15.2 Å². The maximum absolute atomic E-state index is 14.0.